The van der Waals surface area contributed by atoms with Crippen LogP contribution in [-0.2, 0) is 24.2 Å². The fourth-order valence-electron chi connectivity index (χ4n) is 4.01. The van der Waals surface area contributed by atoms with Crippen molar-refractivity contribution in [1.29, 1.82) is 0 Å². The first kappa shape index (κ1) is 18.2. The van der Waals surface area contributed by atoms with Gasteiger partial charge in [0.15, 0.2) is 5.65 Å². The molecule has 1 amide bonds. The van der Waals surface area contributed by atoms with Crippen LogP contribution in [0, 0.1) is 12.8 Å². The summed E-state index contributed by atoms with van der Waals surface area (Å²) in [5, 5.41) is 5.58. The van der Waals surface area contributed by atoms with Crippen LogP contribution in [0.1, 0.15) is 43.5 Å². The summed E-state index contributed by atoms with van der Waals surface area (Å²) in [4.78, 5) is 34.1. The molecule has 3 aromatic heterocycles. The van der Waals surface area contributed by atoms with E-state index in [-0.39, 0.29) is 18.1 Å². The minimum Gasteiger partial charge on any atom is -0.342 e. The molecule has 0 fully saturated rings. The highest BCUT2D eigenvalue weighted by Crippen LogP contribution is 2.38. The number of carbonyl (C=O) groups is 1. The number of rotatable bonds is 4. The summed E-state index contributed by atoms with van der Waals surface area (Å²) >= 11 is 1.72. The second-order valence-electron chi connectivity index (χ2n) is 7.36. The van der Waals surface area contributed by atoms with Crippen LogP contribution >= 0.6 is 11.3 Å². The maximum atomic E-state index is 12.9. The van der Waals surface area contributed by atoms with Crippen LogP contribution in [0.5, 0.6) is 0 Å². The average Bonchev–Trinajstić information content (AvgIpc) is 3.13. The van der Waals surface area contributed by atoms with Gasteiger partial charge < -0.3 is 4.90 Å². The van der Waals surface area contributed by atoms with Gasteiger partial charge in [-0.05, 0) is 51.5 Å². The Morgan fingerprint density at radius 3 is 2.78 bits per heavy atom. The molecular weight excluding hydrogens is 362 g/mol. The number of aryl methyl sites for hydroxylation is 2. The molecule has 0 saturated carbocycles. The van der Waals surface area contributed by atoms with Gasteiger partial charge in [-0.3, -0.25) is 4.79 Å². The summed E-state index contributed by atoms with van der Waals surface area (Å²) in [6.07, 6.45) is 3.20. The van der Waals surface area contributed by atoms with Crippen LogP contribution < -0.4 is 5.69 Å². The molecule has 0 radical (unpaired) electrons. The smallest absolute Gasteiger partial charge is 0.342 e. The van der Waals surface area contributed by atoms with Gasteiger partial charge in [-0.15, -0.1) is 16.4 Å². The number of hydrogen-bond donors (Lipinski definition) is 0. The minimum absolute atomic E-state index is 0.0352. The lowest BCUT2D eigenvalue weighted by atomic mass is 9.89. The lowest BCUT2D eigenvalue weighted by Crippen LogP contribution is -2.36. The molecule has 1 aliphatic carbocycles. The van der Waals surface area contributed by atoms with Crippen molar-refractivity contribution in [2.45, 2.75) is 53.5 Å². The number of amides is 1. The highest BCUT2D eigenvalue weighted by Gasteiger charge is 2.25. The highest BCUT2D eigenvalue weighted by atomic mass is 32.1. The predicted molar refractivity (Wildman–Crippen MR) is 106 cm³/mol. The monoisotopic (exact) mass is 387 g/mol. The zero-order chi connectivity index (χ0) is 19.3. The number of carbonyl (C=O) groups excluding carboxylic acids is 1. The van der Waals surface area contributed by atoms with Gasteiger partial charge in [0, 0.05) is 18.0 Å². The van der Waals surface area contributed by atoms with Gasteiger partial charge in [0.2, 0.25) is 5.91 Å². The van der Waals surface area contributed by atoms with Crippen molar-refractivity contribution in [3.05, 3.63) is 26.7 Å². The topological polar surface area (TPSA) is 72.5 Å². The molecule has 1 atom stereocenters. The Hall–Kier alpha value is -2.22. The van der Waals surface area contributed by atoms with E-state index in [1.807, 2.05) is 20.8 Å². The van der Waals surface area contributed by atoms with Crippen molar-refractivity contribution in [3.8, 4) is 0 Å². The van der Waals surface area contributed by atoms with Gasteiger partial charge in [-0.2, -0.15) is 0 Å². The van der Waals surface area contributed by atoms with Gasteiger partial charge >= 0.3 is 5.69 Å². The van der Waals surface area contributed by atoms with Gasteiger partial charge in [0.05, 0.1) is 5.39 Å². The van der Waals surface area contributed by atoms with Crippen molar-refractivity contribution in [2.24, 2.45) is 5.92 Å². The number of hydrogen-bond acceptors (Lipinski definition) is 5. The van der Waals surface area contributed by atoms with Gasteiger partial charge in [0.1, 0.15) is 17.2 Å². The zero-order valence-corrected chi connectivity index (χ0v) is 17.1. The van der Waals surface area contributed by atoms with Crippen molar-refractivity contribution < 1.29 is 4.79 Å². The van der Waals surface area contributed by atoms with E-state index in [1.54, 1.807) is 20.6 Å². The molecule has 1 unspecified atom stereocenters. The van der Waals surface area contributed by atoms with Crippen molar-refractivity contribution in [1.82, 2.24) is 24.1 Å². The van der Waals surface area contributed by atoms with Crippen LogP contribution in [-0.4, -0.2) is 43.1 Å². The number of aromatic nitrogens is 4. The Morgan fingerprint density at radius 1 is 1.33 bits per heavy atom. The molecule has 0 N–H and O–H groups in total. The molecule has 4 rings (SSSR count). The Morgan fingerprint density at radius 2 is 2.07 bits per heavy atom. The summed E-state index contributed by atoms with van der Waals surface area (Å²) in [7, 11) is 0. The quantitative estimate of drug-likeness (QED) is 0.689. The highest BCUT2D eigenvalue weighted by molar-refractivity contribution is 7.19. The summed E-state index contributed by atoms with van der Waals surface area (Å²) in [6, 6.07) is 0. The summed E-state index contributed by atoms with van der Waals surface area (Å²) in [6.45, 7) is 9.19. The third kappa shape index (κ3) is 2.86. The predicted octanol–water partition coefficient (Wildman–Crippen LogP) is 2.41. The van der Waals surface area contributed by atoms with Gasteiger partial charge in [0.25, 0.3) is 0 Å². The standard InChI is InChI=1S/C19H25N5O2S/c1-5-22(6-2)15(25)10-23-19(26)24-12(4)20-18-16(17(24)21-23)13-8-7-11(3)9-14(13)27-18/h11H,5-10H2,1-4H3. The Balaban J connectivity index is 1.88. The molecule has 3 heterocycles. The Bertz CT molecular complexity index is 1090. The molecule has 0 aromatic carbocycles. The number of fused-ring (bicyclic) bond motifs is 5. The lowest BCUT2D eigenvalue weighted by molar-refractivity contribution is -0.131. The van der Waals surface area contributed by atoms with E-state index in [9.17, 15) is 9.59 Å². The molecule has 8 heteroatoms. The number of nitrogens with zero attached hydrogens (tertiary/aromatic N) is 5. The van der Waals surface area contributed by atoms with Gasteiger partial charge in [-0.25, -0.2) is 18.9 Å². The van der Waals surface area contributed by atoms with Crippen molar-refractivity contribution in [2.75, 3.05) is 13.1 Å². The largest absolute Gasteiger partial charge is 0.352 e. The van der Waals surface area contributed by atoms with E-state index in [0.717, 1.165) is 29.5 Å². The molecule has 0 saturated heterocycles. The van der Waals surface area contributed by atoms with Crippen LogP contribution in [0.25, 0.3) is 15.9 Å². The number of likely N-dealkylation sites (N-methyl/N-ethyl adjacent to an activating group) is 1. The molecule has 27 heavy (non-hydrogen) atoms. The molecule has 7 nitrogen and oxygen atoms in total. The van der Waals surface area contributed by atoms with Crippen molar-refractivity contribution >= 4 is 33.1 Å². The Labute approximate surface area is 161 Å². The molecular formula is C19H25N5O2S. The van der Waals surface area contributed by atoms with E-state index in [4.69, 9.17) is 0 Å². The third-order valence-corrected chi connectivity index (χ3v) is 6.69. The van der Waals surface area contributed by atoms with Crippen molar-refractivity contribution in [3.63, 3.8) is 0 Å². The molecule has 3 aromatic rings. The SMILES string of the molecule is CCN(CC)C(=O)Cn1nc2c3c4c(sc3nc(C)n2c1=O)CC(C)CC4. The molecule has 0 aliphatic heterocycles. The van der Waals surface area contributed by atoms with E-state index < -0.39 is 0 Å². The third-order valence-electron chi connectivity index (χ3n) is 5.54. The zero-order valence-electron chi connectivity index (χ0n) is 16.3. The minimum atomic E-state index is -0.290. The molecule has 0 bridgehead atoms. The van der Waals surface area contributed by atoms with Crippen LogP contribution in [0.2, 0.25) is 0 Å². The first-order valence-corrected chi connectivity index (χ1v) is 10.4. The molecule has 1 aliphatic rings. The van der Waals surface area contributed by atoms with Crippen LogP contribution in [0.3, 0.4) is 0 Å². The maximum absolute atomic E-state index is 12.9. The fourth-order valence-corrected chi connectivity index (χ4v) is 5.43. The molecule has 0 spiro atoms. The first-order chi connectivity index (χ1) is 12.9. The summed E-state index contributed by atoms with van der Waals surface area (Å²) in [5.41, 5.74) is 1.64. The first-order valence-electron chi connectivity index (χ1n) is 9.62. The van der Waals surface area contributed by atoms with Crippen LogP contribution in [0.15, 0.2) is 4.79 Å². The van der Waals surface area contributed by atoms with E-state index in [2.05, 4.69) is 17.0 Å². The van der Waals surface area contributed by atoms with E-state index in [0.29, 0.717) is 30.5 Å². The van der Waals surface area contributed by atoms with E-state index >= 15 is 0 Å². The summed E-state index contributed by atoms with van der Waals surface area (Å²) < 4.78 is 2.85. The van der Waals surface area contributed by atoms with Crippen LogP contribution in [0.4, 0.5) is 0 Å². The Kier molecular flexibility index (Phi) is 4.53. The second kappa shape index (κ2) is 6.74. The lowest BCUT2D eigenvalue weighted by Gasteiger charge is -2.17. The number of thiophene rings is 1. The molecule has 144 valence electrons. The maximum Gasteiger partial charge on any atom is 0.352 e. The second-order valence-corrected chi connectivity index (χ2v) is 8.44. The van der Waals surface area contributed by atoms with E-state index in [1.165, 1.54) is 15.1 Å². The fraction of sp³-hybridized carbons (Fsp3) is 0.579. The average molecular weight is 388 g/mol. The summed E-state index contributed by atoms with van der Waals surface area (Å²) in [5.74, 6) is 1.21. The normalized spacial score (nSPS) is 16.8. The van der Waals surface area contributed by atoms with Gasteiger partial charge in [-0.1, -0.05) is 6.92 Å².